The van der Waals surface area contributed by atoms with E-state index in [1.807, 2.05) is 16.3 Å². The van der Waals surface area contributed by atoms with Crippen molar-refractivity contribution < 1.29 is 9.18 Å². The molecule has 116 valence electrons. The van der Waals surface area contributed by atoms with E-state index in [1.165, 1.54) is 10.9 Å². The van der Waals surface area contributed by atoms with Crippen LogP contribution in [-0.2, 0) is 4.79 Å². The zero-order valence-electron chi connectivity index (χ0n) is 11.9. The molecule has 0 bridgehead atoms. The normalized spacial score (nSPS) is 17.7. The smallest absolute Gasteiger partial charge is 0.242 e. The van der Waals surface area contributed by atoms with Crippen molar-refractivity contribution in [1.82, 2.24) is 4.90 Å². The second kappa shape index (κ2) is 6.67. The number of rotatable bonds is 4. The van der Waals surface area contributed by atoms with Gasteiger partial charge in [0.1, 0.15) is 0 Å². The third-order valence-corrected chi connectivity index (χ3v) is 5.09. The van der Waals surface area contributed by atoms with E-state index in [0.29, 0.717) is 0 Å². The van der Waals surface area contributed by atoms with Crippen LogP contribution >= 0.6 is 22.9 Å². The minimum atomic E-state index is -0.520. The Kier molecular flexibility index (Phi) is 4.64. The number of anilines is 1. The highest BCUT2D eigenvalue weighted by Crippen LogP contribution is 2.34. The Morgan fingerprint density at radius 2 is 2.27 bits per heavy atom. The number of hydrogen-bond acceptors (Lipinski definition) is 3. The van der Waals surface area contributed by atoms with Gasteiger partial charge in [-0.15, -0.1) is 11.3 Å². The van der Waals surface area contributed by atoms with Crippen LogP contribution in [0.25, 0.3) is 0 Å². The van der Waals surface area contributed by atoms with Gasteiger partial charge in [0.2, 0.25) is 5.91 Å². The first-order chi connectivity index (χ1) is 10.7. The number of nitrogens with zero attached hydrogens (tertiary/aromatic N) is 1. The number of hydrogen-bond donors (Lipinski definition) is 1. The summed E-state index contributed by atoms with van der Waals surface area (Å²) in [6.45, 7) is 0.820. The third kappa shape index (κ3) is 3.10. The highest BCUT2D eigenvalue weighted by molar-refractivity contribution is 7.10. The molecule has 1 amide bonds. The number of amides is 1. The summed E-state index contributed by atoms with van der Waals surface area (Å²) in [6.07, 6.45) is 1.98. The highest BCUT2D eigenvalue weighted by Gasteiger charge is 2.30. The van der Waals surface area contributed by atoms with Crippen LogP contribution < -0.4 is 5.32 Å². The number of benzene rings is 1. The van der Waals surface area contributed by atoms with E-state index in [9.17, 15) is 9.18 Å². The second-order valence-electron chi connectivity index (χ2n) is 5.22. The molecule has 0 saturated carbocycles. The van der Waals surface area contributed by atoms with E-state index in [-0.39, 0.29) is 29.2 Å². The van der Waals surface area contributed by atoms with Crippen molar-refractivity contribution in [3.8, 4) is 0 Å². The molecule has 0 aliphatic carbocycles. The lowest BCUT2D eigenvalue weighted by Crippen LogP contribution is -2.35. The van der Waals surface area contributed by atoms with Crippen LogP contribution in [-0.4, -0.2) is 23.9 Å². The maximum atomic E-state index is 13.8. The number of carbonyl (C=O) groups is 1. The minimum Gasteiger partial charge on any atom is -0.374 e. The lowest BCUT2D eigenvalue weighted by Gasteiger charge is -2.24. The van der Waals surface area contributed by atoms with E-state index in [4.69, 9.17) is 11.6 Å². The van der Waals surface area contributed by atoms with Gasteiger partial charge in [-0.25, -0.2) is 4.39 Å². The Hall–Kier alpha value is -1.59. The molecule has 0 radical (unpaired) electrons. The molecular formula is C16H16ClFN2OS. The topological polar surface area (TPSA) is 32.3 Å². The first-order valence-corrected chi connectivity index (χ1v) is 8.43. The Balaban J connectivity index is 1.65. The molecule has 3 rings (SSSR count). The van der Waals surface area contributed by atoms with Crippen molar-refractivity contribution >= 4 is 34.5 Å². The fourth-order valence-corrected chi connectivity index (χ4v) is 3.80. The van der Waals surface area contributed by atoms with Gasteiger partial charge in [-0.3, -0.25) is 4.79 Å². The summed E-state index contributed by atoms with van der Waals surface area (Å²) in [6, 6.07) is 8.93. The standard InChI is InChI=1S/C16H16ClFN2OS/c17-11-4-1-5-12(16(11)18)19-10-15(21)20-8-2-6-13(20)14-7-3-9-22-14/h1,3-5,7,9,13,19H,2,6,8,10H2. The predicted molar refractivity (Wildman–Crippen MR) is 87.9 cm³/mol. The van der Waals surface area contributed by atoms with E-state index >= 15 is 0 Å². The van der Waals surface area contributed by atoms with Crippen LogP contribution in [0.3, 0.4) is 0 Å². The van der Waals surface area contributed by atoms with E-state index in [0.717, 1.165) is 19.4 Å². The van der Waals surface area contributed by atoms with Crippen molar-refractivity contribution in [1.29, 1.82) is 0 Å². The molecule has 0 spiro atoms. The number of nitrogens with one attached hydrogen (secondary N) is 1. The lowest BCUT2D eigenvalue weighted by molar-refractivity contribution is -0.130. The molecule has 1 aliphatic heterocycles. The van der Waals surface area contributed by atoms with Crippen LogP contribution in [0, 0.1) is 5.82 Å². The molecule has 1 N–H and O–H groups in total. The first kappa shape index (κ1) is 15.3. The SMILES string of the molecule is O=C(CNc1cccc(Cl)c1F)N1CCCC1c1cccs1. The molecule has 1 unspecified atom stereocenters. The Morgan fingerprint density at radius 1 is 1.41 bits per heavy atom. The van der Waals surface area contributed by atoms with Crippen LogP contribution in [0.15, 0.2) is 35.7 Å². The summed E-state index contributed by atoms with van der Waals surface area (Å²) in [5.41, 5.74) is 0.257. The molecule has 3 nitrogen and oxygen atoms in total. The molecule has 2 aromatic rings. The molecule has 2 heterocycles. The molecule has 22 heavy (non-hydrogen) atoms. The van der Waals surface area contributed by atoms with Crippen molar-refractivity contribution in [2.75, 3.05) is 18.4 Å². The molecule has 1 aromatic carbocycles. The summed E-state index contributed by atoms with van der Waals surface area (Å²) in [5.74, 6) is -0.538. The summed E-state index contributed by atoms with van der Waals surface area (Å²) >= 11 is 7.41. The van der Waals surface area contributed by atoms with Crippen molar-refractivity contribution in [2.45, 2.75) is 18.9 Å². The minimum absolute atomic E-state index is 0.0183. The summed E-state index contributed by atoms with van der Waals surface area (Å²) in [5, 5.41) is 4.92. The van der Waals surface area contributed by atoms with E-state index in [2.05, 4.69) is 11.4 Å². The Bertz CT molecular complexity index is 662. The fourth-order valence-electron chi connectivity index (χ4n) is 2.75. The highest BCUT2D eigenvalue weighted by atomic mass is 35.5. The van der Waals surface area contributed by atoms with Gasteiger partial charge in [0.05, 0.1) is 23.3 Å². The molecule has 1 fully saturated rings. The van der Waals surface area contributed by atoms with Gasteiger partial charge in [-0.05, 0) is 36.4 Å². The van der Waals surface area contributed by atoms with Gasteiger partial charge in [-0.2, -0.15) is 0 Å². The maximum Gasteiger partial charge on any atom is 0.242 e. The average Bonchev–Trinajstić information content (AvgIpc) is 3.18. The first-order valence-electron chi connectivity index (χ1n) is 7.17. The molecule has 1 aliphatic rings. The van der Waals surface area contributed by atoms with Gasteiger partial charge >= 0.3 is 0 Å². The van der Waals surface area contributed by atoms with Gasteiger partial charge in [0.25, 0.3) is 0 Å². The second-order valence-corrected chi connectivity index (χ2v) is 6.60. The fraction of sp³-hybridized carbons (Fsp3) is 0.312. The zero-order valence-corrected chi connectivity index (χ0v) is 13.5. The van der Waals surface area contributed by atoms with Crippen LogP contribution in [0.4, 0.5) is 10.1 Å². The molecule has 1 aromatic heterocycles. The van der Waals surface area contributed by atoms with Crippen molar-refractivity contribution in [2.24, 2.45) is 0 Å². The zero-order chi connectivity index (χ0) is 15.5. The third-order valence-electron chi connectivity index (χ3n) is 3.83. The van der Waals surface area contributed by atoms with Gasteiger partial charge < -0.3 is 10.2 Å². The van der Waals surface area contributed by atoms with Crippen LogP contribution in [0.2, 0.25) is 5.02 Å². The van der Waals surface area contributed by atoms with Crippen LogP contribution in [0.1, 0.15) is 23.8 Å². The Morgan fingerprint density at radius 3 is 3.05 bits per heavy atom. The van der Waals surface area contributed by atoms with Crippen LogP contribution in [0.5, 0.6) is 0 Å². The number of thiophene rings is 1. The molecule has 1 saturated heterocycles. The molecule has 6 heteroatoms. The van der Waals surface area contributed by atoms with Gasteiger partial charge in [0, 0.05) is 11.4 Å². The summed E-state index contributed by atoms with van der Waals surface area (Å²) < 4.78 is 13.8. The lowest BCUT2D eigenvalue weighted by atomic mass is 10.2. The van der Waals surface area contributed by atoms with Gasteiger partial charge in [-0.1, -0.05) is 23.7 Å². The van der Waals surface area contributed by atoms with E-state index < -0.39 is 5.82 Å². The van der Waals surface area contributed by atoms with E-state index in [1.54, 1.807) is 23.5 Å². The summed E-state index contributed by atoms with van der Waals surface area (Å²) in [4.78, 5) is 15.5. The number of halogens is 2. The monoisotopic (exact) mass is 338 g/mol. The number of likely N-dealkylation sites (tertiary alicyclic amines) is 1. The Labute approximate surface area is 137 Å². The molecular weight excluding hydrogens is 323 g/mol. The largest absolute Gasteiger partial charge is 0.374 e. The van der Waals surface area contributed by atoms with Gasteiger partial charge in [0.15, 0.2) is 5.82 Å². The maximum absolute atomic E-state index is 13.8. The number of carbonyl (C=O) groups excluding carboxylic acids is 1. The predicted octanol–water partition coefficient (Wildman–Crippen LogP) is 4.32. The average molecular weight is 339 g/mol. The van der Waals surface area contributed by atoms with Crippen molar-refractivity contribution in [3.63, 3.8) is 0 Å². The van der Waals surface area contributed by atoms with Crippen molar-refractivity contribution in [3.05, 3.63) is 51.4 Å². The molecule has 1 atom stereocenters. The quantitative estimate of drug-likeness (QED) is 0.900. The summed E-state index contributed by atoms with van der Waals surface area (Å²) in [7, 11) is 0.